The van der Waals surface area contributed by atoms with E-state index in [1.54, 1.807) is 48.5 Å². The van der Waals surface area contributed by atoms with Crippen LogP contribution in [-0.2, 0) is 21.1 Å². The van der Waals surface area contributed by atoms with Crippen molar-refractivity contribution in [1.29, 1.82) is 0 Å². The van der Waals surface area contributed by atoms with E-state index in [0.717, 1.165) is 11.1 Å². The summed E-state index contributed by atoms with van der Waals surface area (Å²) < 4.78 is 40.6. The molecule has 0 aliphatic heterocycles. The summed E-state index contributed by atoms with van der Waals surface area (Å²) in [7, 11) is -0.407. The number of pyridine rings is 1. The first-order valence-electron chi connectivity index (χ1n) is 14.3. The van der Waals surface area contributed by atoms with Gasteiger partial charge in [-0.1, -0.05) is 36.4 Å². The van der Waals surface area contributed by atoms with E-state index in [-0.39, 0.29) is 22.0 Å². The molecule has 0 saturated carbocycles. The minimum atomic E-state index is -3.42. The molecule has 1 amide bonds. The topological polar surface area (TPSA) is 141 Å². The molecule has 0 fully saturated rings. The first-order chi connectivity index (χ1) is 22.2. The van der Waals surface area contributed by atoms with Crippen LogP contribution in [0, 0.1) is 0 Å². The van der Waals surface area contributed by atoms with Gasteiger partial charge in [0.05, 0.1) is 30.4 Å². The number of hydrogen-bond acceptors (Lipinski definition) is 8. The molecular weight excluding hydrogens is 608 g/mol. The second-order valence-corrected chi connectivity index (χ2v) is 12.1. The molecule has 0 aliphatic rings. The summed E-state index contributed by atoms with van der Waals surface area (Å²) in [5, 5.41) is 13.0. The number of fused-ring (bicyclic) bond motifs is 1. The summed E-state index contributed by atoms with van der Waals surface area (Å²) in [4.78, 5) is 28.4. The Morgan fingerprint density at radius 2 is 1.37 bits per heavy atom. The number of rotatable bonds is 12. The first kappa shape index (κ1) is 33.5. The smallest absolute Gasteiger partial charge is 0.366 e. The number of methoxy groups -OCH3 is 2. The molecule has 5 rings (SSSR count). The molecule has 0 bridgehead atoms. The van der Waals surface area contributed by atoms with Crippen LogP contribution in [0.15, 0.2) is 120 Å². The number of aliphatic carboxylic acids is 1. The molecule has 10 nitrogen and oxygen atoms in total. The fraction of sp³-hybridized carbons (Fsp3) is 0.171. The molecule has 11 heteroatoms. The Morgan fingerprint density at radius 1 is 0.783 bits per heavy atom. The van der Waals surface area contributed by atoms with Crippen LogP contribution in [-0.4, -0.2) is 56.6 Å². The van der Waals surface area contributed by atoms with Crippen LogP contribution < -0.4 is 19.5 Å². The number of carboxylic acid groups (broad SMARTS) is 1. The number of aryl methyl sites for hydroxylation is 1. The molecule has 5 aromatic rings. The lowest BCUT2D eigenvalue weighted by molar-refractivity contribution is -0.146. The molecule has 1 heterocycles. The predicted molar refractivity (Wildman–Crippen MR) is 174 cm³/mol. The highest BCUT2D eigenvalue weighted by Crippen LogP contribution is 2.19. The maximum Gasteiger partial charge on any atom is 0.366 e. The van der Waals surface area contributed by atoms with Crippen molar-refractivity contribution in [3.63, 3.8) is 0 Å². The lowest BCUT2D eigenvalue weighted by Crippen LogP contribution is -2.44. The zero-order chi connectivity index (χ0) is 32.9. The molecule has 1 aromatic heterocycles. The number of aromatic nitrogens is 1. The standard InChI is InChI=1S/C26H27NO8S.C9H7N/c1-33-20-11-7-19(8-12-20)24(28)27-25(26(29)30)35-22-9-5-18(6-10-22)4-3-17-36(31,32)23-15-13-21(34-2)14-16-23;1-2-6-9-8(4-1)5-3-7-10-9/h5-16,25H,3-4,17H2,1-2H3,(H,27,28)(H,29,30);1-7H. The molecule has 4 aromatic carbocycles. The van der Waals surface area contributed by atoms with E-state index in [1.807, 2.05) is 30.5 Å². The van der Waals surface area contributed by atoms with Crippen LogP contribution in [0.2, 0.25) is 0 Å². The molecule has 238 valence electrons. The van der Waals surface area contributed by atoms with Gasteiger partial charge in [-0.3, -0.25) is 9.78 Å². The van der Waals surface area contributed by atoms with Crippen molar-refractivity contribution in [2.45, 2.75) is 24.0 Å². The van der Waals surface area contributed by atoms with Crippen LogP contribution in [0.1, 0.15) is 22.3 Å². The zero-order valence-corrected chi connectivity index (χ0v) is 26.1. The molecule has 1 atom stereocenters. The van der Waals surface area contributed by atoms with Gasteiger partial charge in [-0.15, -0.1) is 0 Å². The lowest BCUT2D eigenvalue weighted by atomic mass is 10.1. The van der Waals surface area contributed by atoms with Gasteiger partial charge in [-0.25, -0.2) is 13.2 Å². The fourth-order valence-electron chi connectivity index (χ4n) is 4.34. The Labute approximate surface area is 267 Å². The third-order valence-electron chi connectivity index (χ3n) is 6.83. The highest BCUT2D eigenvalue weighted by molar-refractivity contribution is 7.91. The molecule has 0 radical (unpaired) electrons. The monoisotopic (exact) mass is 642 g/mol. The fourth-order valence-corrected chi connectivity index (χ4v) is 5.65. The predicted octanol–water partition coefficient (Wildman–Crippen LogP) is 5.56. The van der Waals surface area contributed by atoms with E-state index in [1.165, 1.54) is 43.9 Å². The maximum absolute atomic E-state index is 12.5. The van der Waals surface area contributed by atoms with Crippen molar-refractivity contribution in [3.8, 4) is 17.2 Å². The summed E-state index contributed by atoms with van der Waals surface area (Å²) in [6, 6.07) is 31.1. The third kappa shape index (κ3) is 9.54. The van der Waals surface area contributed by atoms with Crippen molar-refractivity contribution in [3.05, 3.63) is 127 Å². The average molecular weight is 643 g/mol. The van der Waals surface area contributed by atoms with Gasteiger partial charge in [-0.05, 0) is 91.2 Å². The average Bonchev–Trinajstić information content (AvgIpc) is 3.09. The Hall–Kier alpha value is -5.42. The van der Waals surface area contributed by atoms with Gasteiger partial charge in [0, 0.05) is 17.1 Å². The Bertz CT molecular complexity index is 1780. The number of para-hydroxylation sites is 1. The van der Waals surface area contributed by atoms with Crippen LogP contribution in [0.25, 0.3) is 10.9 Å². The summed E-state index contributed by atoms with van der Waals surface area (Å²) in [5.41, 5.74) is 2.18. The Balaban J connectivity index is 0.000000402. The van der Waals surface area contributed by atoms with Gasteiger partial charge in [0.25, 0.3) is 12.1 Å². The number of carbonyl (C=O) groups is 2. The van der Waals surface area contributed by atoms with E-state index >= 15 is 0 Å². The van der Waals surface area contributed by atoms with Gasteiger partial charge in [0.2, 0.25) is 0 Å². The number of carbonyl (C=O) groups excluding carboxylic acids is 1. The van der Waals surface area contributed by atoms with E-state index in [4.69, 9.17) is 14.2 Å². The summed E-state index contributed by atoms with van der Waals surface area (Å²) >= 11 is 0. The second-order valence-electron chi connectivity index (χ2n) is 9.98. The molecule has 0 saturated heterocycles. The van der Waals surface area contributed by atoms with Crippen molar-refractivity contribution >= 4 is 32.6 Å². The van der Waals surface area contributed by atoms with Crippen LogP contribution >= 0.6 is 0 Å². The van der Waals surface area contributed by atoms with Crippen molar-refractivity contribution in [1.82, 2.24) is 10.3 Å². The Morgan fingerprint density at radius 3 is 1.98 bits per heavy atom. The SMILES string of the molecule is COc1ccc(C(=O)NC(Oc2ccc(CCCS(=O)(=O)c3ccc(OC)cc3)cc2)C(=O)O)cc1.c1ccc2ncccc2c1. The third-order valence-corrected chi connectivity index (χ3v) is 8.64. The highest BCUT2D eigenvalue weighted by Gasteiger charge is 2.23. The number of benzene rings is 4. The van der Waals surface area contributed by atoms with Crippen molar-refractivity contribution < 1.29 is 37.3 Å². The van der Waals surface area contributed by atoms with E-state index in [9.17, 15) is 23.1 Å². The minimum Gasteiger partial charge on any atom is -0.497 e. The minimum absolute atomic E-state index is 0.0178. The summed E-state index contributed by atoms with van der Waals surface area (Å²) in [6.45, 7) is 0. The van der Waals surface area contributed by atoms with Gasteiger partial charge in [0.15, 0.2) is 9.84 Å². The number of amides is 1. The molecule has 0 aliphatic carbocycles. The van der Waals surface area contributed by atoms with Crippen molar-refractivity contribution in [2.75, 3.05) is 20.0 Å². The summed E-state index contributed by atoms with van der Waals surface area (Å²) in [6.07, 6.45) is 1.12. The van der Waals surface area contributed by atoms with E-state index in [2.05, 4.69) is 22.4 Å². The number of sulfone groups is 1. The normalized spacial score (nSPS) is 11.4. The number of nitrogens with zero attached hydrogens (tertiary/aromatic N) is 1. The maximum atomic E-state index is 12.5. The van der Waals surface area contributed by atoms with Gasteiger partial charge < -0.3 is 24.6 Å². The zero-order valence-electron chi connectivity index (χ0n) is 25.3. The quantitative estimate of drug-likeness (QED) is 0.167. The van der Waals surface area contributed by atoms with Crippen molar-refractivity contribution in [2.24, 2.45) is 0 Å². The van der Waals surface area contributed by atoms with E-state index < -0.39 is 27.9 Å². The number of nitrogens with one attached hydrogen (secondary N) is 1. The molecule has 1 unspecified atom stereocenters. The van der Waals surface area contributed by atoms with Crippen LogP contribution in [0.5, 0.6) is 17.2 Å². The molecule has 0 spiro atoms. The van der Waals surface area contributed by atoms with Crippen LogP contribution in [0.3, 0.4) is 0 Å². The number of hydrogen-bond donors (Lipinski definition) is 2. The number of ether oxygens (including phenoxy) is 3. The van der Waals surface area contributed by atoms with Gasteiger partial charge >= 0.3 is 5.97 Å². The van der Waals surface area contributed by atoms with Crippen LogP contribution in [0.4, 0.5) is 0 Å². The van der Waals surface area contributed by atoms with Gasteiger partial charge in [0.1, 0.15) is 17.2 Å². The highest BCUT2D eigenvalue weighted by atomic mass is 32.2. The summed E-state index contributed by atoms with van der Waals surface area (Å²) in [5.74, 6) is -0.593. The van der Waals surface area contributed by atoms with Gasteiger partial charge in [-0.2, -0.15) is 0 Å². The molecular formula is C35H34N2O8S. The van der Waals surface area contributed by atoms with E-state index in [0.29, 0.717) is 24.3 Å². The largest absolute Gasteiger partial charge is 0.497 e. The molecule has 46 heavy (non-hydrogen) atoms. The Kier molecular flexibility index (Phi) is 11.7. The molecule has 2 N–H and O–H groups in total. The second kappa shape index (κ2) is 16.1. The lowest BCUT2D eigenvalue weighted by Gasteiger charge is -2.17. The first-order valence-corrected chi connectivity index (χ1v) is 15.9. The number of carboxylic acids is 1.